The molecule has 2 atom stereocenters. The van der Waals surface area contributed by atoms with E-state index in [4.69, 9.17) is 4.74 Å². The van der Waals surface area contributed by atoms with Crippen LogP contribution in [-0.2, 0) is 17.6 Å². The molecule has 4 heteroatoms. The Balaban J connectivity index is 1.49. The van der Waals surface area contributed by atoms with Gasteiger partial charge in [-0.1, -0.05) is 48.5 Å². The summed E-state index contributed by atoms with van der Waals surface area (Å²) < 4.78 is 5.99. The van der Waals surface area contributed by atoms with E-state index in [0.29, 0.717) is 6.42 Å². The molecule has 0 fully saturated rings. The van der Waals surface area contributed by atoms with Crippen LogP contribution in [0.1, 0.15) is 27.6 Å². The number of fused-ring (bicyclic) bond motifs is 2. The van der Waals surface area contributed by atoms with Crippen LogP contribution in [0, 0.1) is 0 Å². The number of carbonyl (C=O) groups excluding carboxylic acids is 1. The number of benzene rings is 2. The molecular weight excluding hydrogens is 342 g/mol. The average Bonchev–Trinajstić information content (AvgIpc) is 3.33. The van der Waals surface area contributed by atoms with Gasteiger partial charge in [0.05, 0.1) is 6.04 Å². The van der Waals surface area contributed by atoms with Crippen LogP contribution < -0.4 is 4.74 Å². The lowest BCUT2D eigenvalue weighted by Gasteiger charge is -2.37. The molecule has 0 N–H and O–H groups in total. The number of hydrogen-bond donors (Lipinski definition) is 0. The largest absolute Gasteiger partial charge is 0.480 e. The Morgan fingerprint density at radius 1 is 1.04 bits per heavy atom. The highest BCUT2D eigenvalue weighted by Crippen LogP contribution is 2.39. The molecule has 1 aromatic heterocycles. The minimum absolute atomic E-state index is 0.0222. The molecule has 3 heterocycles. The monoisotopic (exact) mass is 361 g/mol. The van der Waals surface area contributed by atoms with Gasteiger partial charge in [0.1, 0.15) is 5.75 Å². The van der Waals surface area contributed by atoms with Gasteiger partial charge in [0.15, 0.2) is 6.10 Å². The van der Waals surface area contributed by atoms with E-state index >= 15 is 0 Å². The quantitative estimate of drug-likeness (QED) is 0.684. The van der Waals surface area contributed by atoms with Gasteiger partial charge in [-0.25, -0.2) is 0 Å². The third-order valence-corrected chi connectivity index (χ3v) is 6.28. The number of para-hydroxylation sites is 1. The second-order valence-corrected chi connectivity index (χ2v) is 7.81. The second-order valence-electron chi connectivity index (χ2n) is 6.81. The molecule has 0 radical (unpaired) electrons. The van der Waals surface area contributed by atoms with Crippen molar-refractivity contribution in [3.05, 3.63) is 87.6 Å². The Bertz CT molecular complexity index is 925. The van der Waals surface area contributed by atoms with Crippen LogP contribution in [-0.4, -0.2) is 23.5 Å². The molecule has 2 unspecified atom stereocenters. The van der Waals surface area contributed by atoms with Gasteiger partial charge < -0.3 is 9.64 Å². The molecule has 3 aromatic rings. The van der Waals surface area contributed by atoms with E-state index in [9.17, 15) is 4.79 Å². The Morgan fingerprint density at radius 2 is 1.85 bits per heavy atom. The number of amides is 1. The zero-order valence-electron chi connectivity index (χ0n) is 14.3. The molecule has 0 bridgehead atoms. The first-order valence-electron chi connectivity index (χ1n) is 8.97. The lowest BCUT2D eigenvalue weighted by Crippen LogP contribution is -2.46. The number of carbonyl (C=O) groups is 1. The molecule has 2 aromatic carbocycles. The van der Waals surface area contributed by atoms with Crippen molar-refractivity contribution in [1.29, 1.82) is 0 Å². The van der Waals surface area contributed by atoms with Crippen molar-refractivity contribution in [1.82, 2.24) is 4.90 Å². The predicted octanol–water partition coefficient (Wildman–Crippen LogP) is 4.23. The summed E-state index contributed by atoms with van der Waals surface area (Å²) in [6, 6.07) is 20.4. The Kier molecular flexibility index (Phi) is 3.79. The van der Waals surface area contributed by atoms with E-state index in [-0.39, 0.29) is 11.9 Å². The Labute approximate surface area is 156 Å². The van der Waals surface area contributed by atoms with Gasteiger partial charge in [-0.15, -0.1) is 11.3 Å². The summed E-state index contributed by atoms with van der Waals surface area (Å²) in [6.07, 6.45) is 1.16. The van der Waals surface area contributed by atoms with Crippen molar-refractivity contribution in [2.24, 2.45) is 0 Å². The first-order valence-corrected chi connectivity index (χ1v) is 9.85. The van der Waals surface area contributed by atoms with Crippen LogP contribution in [0.25, 0.3) is 0 Å². The molecule has 0 saturated carbocycles. The minimum atomic E-state index is -0.418. The molecule has 2 aliphatic rings. The highest BCUT2D eigenvalue weighted by atomic mass is 32.1. The molecular formula is C22H19NO2S. The molecule has 5 rings (SSSR count). The Morgan fingerprint density at radius 3 is 2.69 bits per heavy atom. The van der Waals surface area contributed by atoms with Gasteiger partial charge in [0, 0.05) is 17.8 Å². The molecule has 130 valence electrons. The Hall–Kier alpha value is -2.59. The fourth-order valence-electron chi connectivity index (χ4n) is 4.05. The summed E-state index contributed by atoms with van der Waals surface area (Å²) in [7, 11) is 0. The zero-order valence-corrected chi connectivity index (χ0v) is 15.1. The highest BCUT2D eigenvalue weighted by Gasteiger charge is 2.38. The SMILES string of the molecule is O=C(C1Cc2ccccc2O1)N1CCc2sccc2C1c1ccccc1. The van der Waals surface area contributed by atoms with Gasteiger partial charge in [-0.2, -0.15) is 0 Å². The van der Waals surface area contributed by atoms with Crippen molar-refractivity contribution < 1.29 is 9.53 Å². The minimum Gasteiger partial charge on any atom is -0.480 e. The van der Waals surface area contributed by atoms with E-state index in [1.807, 2.05) is 47.4 Å². The number of thiophene rings is 1. The fourth-order valence-corrected chi connectivity index (χ4v) is 4.96. The van der Waals surface area contributed by atoms with Gasteiger partial charge in [0.2, 0.25) is 0 Å². The van der Waals surface area contributed by atoms with Gasteiger partial charge >= 0.3 is 0 Å². The fraction of sp³-hybridized carbons (Fsp3) is 0.227. The topological polar surface area (TPSA) is 29.5 Å². The molecule has 0 saturated heterocycles. The summed E-state index contributed by atoms with van der Waals surface area (Å²) in [5, 5.41) is 2.14. The van der Waals surface area contributed by atoms with E-state index in [1.54, 1.807) is 11.3 Å². The molecule has 1 amide bonds. The van der Waals surface area contributed by atoms with Crippen molar-refractivity contribution in [2.45, 2.75) is 25.0 Å². The van der Waals surface area contributed by atoms with Crippen molar-refractivity contribution in [3.63, 3.8) is 0 Å². The van der Waals surface area contributed by atoms with E-state index < -0.39 is 6.10 Å². The molecule has 0 aliphatic carbocycles. The van der Waals surface area contributed by atoms with Gasteiger partial charge in [-0.05, 0) is 40.6 Å². The van der Waals surface area contributed by atoms with Crippen molar-refractivity contribution in [3.8, 4) is 5.75 Å². The van der Waals surface area contributed by atoms with E-state index in [2.05, 4.69) is 23.6 Å². The van der Waals surface area contributed by atoms with Gasteiger partial charge in [0.25, 0.3) is 5.91 Å². The first-order chi connectivity index (χ1) is 12.8. The van der Waals surface area contributed by atoms with Crippen LogP contribution in [0.2, 0.25) is 0 Å². The standard InChI is InChI=1S/C22H19NO2S/c24-22(19-14-16-8-4-5-9-18(16)25-19)23-12-10-20-17(11-13-26-20)21(23)15-6-2-1-3-7-15/h1-9,11,13,19,21H,10,12,14H2. The second kappa shape index (κ2) is 6.29. The summed E-state index contributed by atoms with van der Waals surface area (Å²) in [6.45, 7) is 0.738. The highest BCUT2D eigenvalue weighted by molar-refractivity contribution is 7.10. The van der Waals surface area contributed by atoms with Crippen LogP contribution in [0.4, 0.5) is 0 Å². The third kappa shape index (κ3) is 2.53. The van der Waals surface area contributed by atoms with Crippen molar-refractivity contribution >= 4 is 17.2 Å². The molecule has 26 heavy (non-hydrogen) atoms. The lowest BCUT2D eigenvalue weighted by molar-refractivity contribution is -0.140. The summed E-state index contributed by atoms with van der Waals surface area (Å²) in [5.41, 5.74) is 3.54. The first kappa shape index (κ1) is 15.6. The van der Waals surface area contributed by atoms with Crippen LogP contribution in [0.5, 0.6) is 5.75 Å². The number of ether oxygens (including phenoxy) is 1. The maximum atomic E-state index is 13.4. The molecule has 0 spiro atoms. The summed E-state index contributed by atoms with van der Waals surface area (Å²) >= 11 is 1.79. The summed E-state index contributed by atoms with van der Waals surface area (Å²) in [4.78, 5) is 16.8. The molecule has 2 aliphatic heterocycles. The van der Waals surface area contributed by atoms with Crippen LogP contribution in [0.15, 0.2) is 66.0 Å². The molecule has 3 nitrogen and oxygen atoms in total. The number of hydrogen-bond acceptors (Lipinski definition) is 3. The smallest absolute Gasteiger partial charge is 0.264 e. The van der Waals surface area contributed by atoms with E-state index in [1.165, 1.54) is 10.4 Å². The van der Waals surface area contributed by atoms with Crippen molar-refractivity contribution in [2.75, 3.05) is 6.54 Å². The third-order valence-electron chi connectivity index (χ3n) is 5.29. The van der Waals surface area contributed by atoms with Gasteiger partial charge in [-0.3, -0.25) is 4.79 Å². The number of nitrogens with zero attached hydrogens (tertiary/aromatic N) is 1. The lowest BCUT2D eigenvalue weighted by atomic mass is 9.92. The average molecular weight is 361 g/mol. The zero-order chi connectivity index (χ0) is 17.5. The van der Waals surface area contributed by atoms with Crippen LogP contribution in [0.3, 0.4) is 0 Å². The number of rotatable bonds is 2. The predicted molar refractivity (Wildman–Crippen MR) is 103 cm³/mol. The van der Waals surface area contributed by atoms with Crippen LogP contribution >= 0.6 is 11.3 Å². The summed E-state index contributed by atoms with van der Waals surface area (Å²) in [5.74, 6) is 0.933. The normalized spacial score (nSPS) is 21.0. The maximum Gasteiger partial charge on any atom is 0.264 e. The maximum absolute atomic E-state index is 13.4. The van der Waals surface area contributed by atoms with E-state index in [0.717, 1.165) is 29.8 Å².